The van der Waals surface area contributed by atoms with Crippen molar-refractivity contribution in [2.75, 3.05) is 32.8 Å². The maximum atomic E-state index is 13.0. The van der Waals surface area contributed by atoms with Crippen LogP contribution >= 0.6 is 0 Å². The van der Waals surface area contributed by atoms with Crippen molar-refractivity contribution in [1.82, 2.24) is 9.62 Å². The first kappa shape index (κ1) is 20.5. The van der Waals surface area contributed by atoms with Gasteiger partial charge in [-0.15, -0.1) is 0 Å². The molecule has 1 aliphatic rings. The fourth-order valence-corrected chi connectivity index (χ4v) is 4.85. The molecule has 2 aromatic carbocycles. The summed E-state index contributed by atoms with van der Waals surface area (Å²) >= 11 is 0. The summed E-state index contributed by atoms with van der Waals surface area (Å²) in [7, 11) is -3.65. The first-order valence-electron chi connectivity index (χ1n) is 9.41. The van der Waals surface area contributed by atoms with Crippen molar-refractivity contribution < 1.29 is 17.9 Å². The van der Waals surface area contributed by atoms with Gasteiger partial charge in [0.05, 0.1) is 18.1 Å². The summed E-state index contributed by atoms with van der Waals surface area (Å²) in [6, 6.07) is 14.8. The lowest BCUT2D eigenvalue weighted by molar-refractivity contribution is 0.0730. The van der Waals surface area contributed by atoms with Gasteiger partial charge in [0.15, 0.2) is 0 Å². The van der Waals surface area contributed by atoms with Crippen LogP contribution in [0.3, 0.4) is 0 Å². The fraction of sp³-hybridized carbons (Fsp3) is 0.381. The van der Waals surface area contributed by atoms with Crippen LogP contribution < -0.4 is 5.32 Å². The number of morpholine rings is 1. The zero-order valence-corrected chi connectivity index (χ0v) is 17.0. The number of carbonyl (C=O) groups excluding carboxylic acids is 1. The Bertz CT molecular complexity index is 923. The van der Waals surface area contributed by atoms with Gasteiger partial charge in [0, 0.05) is 25.2 Å². The molecule has 1 unspecified atom stereocenters. The molecule has 1 fully saturated rings. The lowest BCUT2D eigenvalue weighted by Gasteiger charge is -2.26. The maximum Gasteiger partial charge on any atom is 0.251 e. The van der Waals surface area contributed by atoms with Crippen LogP contribution in [0.5, 0.6) is 0 Å². The zero-order valence-electron chi connectivity index (χ0n) is 16.2. The lowest BCUT2D eigenvalue weighted by atomic mass is 10.0. The van der Waals surface area contributed by atoms with E-state index in [1.807, 2.05) is 37.3 Å². The van der Waals surface area contributed by atoms with Crippen LogP contribution in [-0.2, 0) is 14.8 Å². The highest BCUT2D eigenvalue weighted by Gasteiger charge is 2.28. The minimum atomic E-state index is -3.65. The molecule has 150 valence electrons. The number of nitrogens with one attached hydrogen (secondary N) is 1. The Morgan fingerprint density at radius 3 is 2.50 bits per heavy atom. The molecular formula is C21H26N2O4S. The summed E-state index contributed by atoms with van der Waals surface area (Å²) in [5, 5.41) is 2.91. The molecule has 0 radical (unpaired) electrons. The third kappa shape index (κ3) is 4.60. The number of carbonyl (C=O) groups is 1. The van der Waals surface area contributed by atoms with Crippen LogP contribution in [0.4, 0.5) is 0 Å². The number of hydrogen-bond donors (Lipinski definition) is 1. The summed E-state index contributed by atoms with van der Waals surface area (Å²) in [4.78, 5) is 12.8. The van der Waals surface area contributed by atoms with Crippen molar-refractivity contribution >= 4 is 15.9 Å². The molecule has 7 heteroatoms. The average molecular weight is 403 g/mol. The van der Waals surface area contributed by atoms with Crippen molar-refractivity contribution in [2.24, 2.45) is 0 Å². The number of sulfonamides is 1. The number of aryl methyl sites for hydroxylation is 1. The van der Waals surface area contributed by atoms with Crippen molar-refractivity contribution in [3.8, 4) is 0 Å². The van der Waals surface area contributed by atoms with Crippen LogP contribution in [0, 0.1) is 6.92 Å². The van der Waals surface area contributed by atoms with E-state index in [1.54, 1.807) is 19.1 Å². The SMILES string of the molecule is Cc1ccc(C(=O)NCC(C)c2ccccc2)cc1S(=O)(=O)N1CCOCC1. The van der Waals surface area contributed by atoms with E-state index in [2.05, 4.69) is 5.32 Å². The largest absolute Gasteiger partial charge is 0.379 e. The molecule has 0 spiro atoms. The third-order valence-corrected chi connectivity index (χ3v) is 7.02. The van der Waals surface area contributed by atoms with Crippen molar-refractivity contribution in [1.29, 1.82) is 0 Å². The van der Waals surface area contributed by atoms with E-state index in [-0.39, 0.29) is 16.7 Å². The van der Waals surface area contributed by atoms with E-state index >= 15 is 0 Å². The summed E-state index contributed by atoms with van der Waals surface area (Å²) < 4.78 is 32.6. The predicted molar refractivity (Wildman–Crippen MR) is 108 cm³/mol. The number of ether oxygens (including phenoxy) is 1. The molecule has 1 heterocycles. The lowest BCUT2D eigenvalue weighted by Crippen LogP contribution is -2.41. The molecule has 1 N–H and O–H groups in total. The average Bonchev–Trinajstić information content (AvgIpc) is 2.73. The molecule has 3 rings (SSSR count). The molecule has 2 aromatic rings. The quantitative estimate of drug-likeness (QED) is 0.806. The molecule has 0 aliphatic carbocycles. The topological polar surface area (TPSA) is 75.7 Å². The van der Waals surface area contributed by atoms with Gasteiger partial charge >= 0.3 is 0 Å². The van der Waals surface area contributed by atoms with Gasteiger partial charge in [0.2, 0.25) is 10.0 Å². The molecule has 0 aromatic heterocycles. The van der Waals surface area contributed by atoms with E-state index in [1.165, 1.54) is 10.4 Å². The number of benzene rings is 2. The maximum absolute atomic E-state index is 13.0. The minimum Gasteiger partial charge on any atom is -0.379 e. The van der Waals surface area contributed by atoms with Gasteiger partial charge in [0.1, 0.15) is 0 Å². The van der Waals surface area contributed by atoms with Gasteiger partial charge in [-0.2, -0.15) is 4.31 Å². The molecule has 1 amide bonds. The molecule has 1 atom stereocenters. The number of nitrogens with zero attached hydrogens (tertiary/aromatic N) is 1. The van der Waals surface area contributed by atoms with Gasteiger partial charge < -0.3 is 10.1 Å². The number of rotatable bonds is 6. The van der Waals surface area contributed by atoms with Gasteiger partial charge in [0.25, 0.3) is 5.91 Å². The number of amides is 1. The molecule has 0 saturated carbocycles. The second-order valence-electron chi connectivity index (χ2n) is 7.02. The molecule has 1 aliphatic heterocycles. The Kier molecular flexibility index (Phi) is 6.49. The first-order valence-corrected chi connectivity index (χ1v) is 10.9. The summed E-state index contributed by atoms with van der Waals surface area (Å²) in [6.45, 7) is 5.68. The minimum absolute atomic E-state index is 0.159. The Morgan fingerprint density at radius 1 is 1.14 bits per heavy atom. The molecule has 1 saturated heterocycles. The Labute approximate surface area is 166 Å². The van der Waals surface area contributed by atoms with Crippen LogP contribution in [0.2, 0.25) is 0 Å². The Morgan fingerprint density at radius 2 is 1.82 bits per heavy atom. The second kappa shape index (κ2) is 8.86. The molecule has 28 heavy (non-hydrogen) atoms. The van der Waals surface area contributed by atoms with Crippen molar-refractivity contribution in [3.63, 3.8) is 0 Å². The van der Waals surface area contributed by atoms with E-state index in [0.29, 0.717) is 44.0 Å². The number of hydrogen-bond acceptors (Lipinski definition) is 4. The van der Waals surface area contributed by atoms with E-state index < -0.39 is 10.0 Å². The highest BCUT2D eigenvalue weighted by Crippen LogP contribution is 2.22. The third-order valence-electron chi connectivity index (χ3n) is 4.98. The Balaban J connectivity index is 1.74. The smallest absolute Gasteiger partial charge is 0.251 e. The summed E-state index contributed by atoms with van der Waals surface area (Å²) in [6.07, 6.45) is 0. The van der Waals surface area contributed by atoms with E-state index in [9.17, 15) is 13.2 Å². The van der Waals surface area contributed by atoms with Crippen LogP contribution in [0.1, 0.15) is 34.3 Å². The monoisotopic (exact) mass is 402 g/mol. The zero-order chi connectivity index (χ0) is 20.1. The van der Waals surface area contributed by atoms with Gasteiger partial charge in [-0.1, -0.05) is 43.3 Å². The highest BCUT2D eigenvalue weighted by molar-refractivity contribution is 7.89. The van der Waals surface area contributed by atoms with Crippen LogP contribution in [0.25, 0.3) is 0 Å². The summed E-state index contributed by atoms with van der Waals surface area (Å²) in [5.41, 5.74) is 2.11. The first-order chi connectivity index (χ1) is 13.4. The predicted octanol–water partition coefficient (Wildman–Crippen LogP) is 2.55. The molecular weight excluding hydrogens is 376 g/mol. The van der Waals surface area contributed by atoms with E-state index in [4.69, 9.17) is 4.74 Å². The van der Waals surface area contributed by atoms with E-state index in [0.717, 1.165) is 5.56 Å². The fourth-order valence-electron chi connectivity index (χ4n) is 3.19. The summed E-state index contributed by atoms with van der Waals surface area (Å²) in [5.74, 6) is -0.117. The molecule has 0 bridgehead atoms. The second-order valence-corrected chi connectivity index (χ2v) is 8.92. The highest BCUT2D eigenvalue weighted by atomic mass is 32.2. The van der Waals surface area contributed by atoms with Gasteiger partial charge in [-0.25, -0.2) is 8.42 Å². The molecule has 6 nitrogen and oxygen atoms in total. The standard InChI is InChI=1S/C21H26N2O4S/c1-16-8-9-19(14-20(16)28(25,26)23-10-12-27-13-11-23)21(24)22-15-17(2)18-6-4-3-5-7-18/h3-9,14,17H,10-13,15H2,1-2H3,(H,22,24). The van der Waals surface area contributed by atoms with Crippen LogP contribution in [0.15, 0.2) is 53.4 Å². The van der Waals surface area contributed by atoms with Gasteiger partial charge in [-0.05, 0) is 36.1 Å². The van der Waals surface area contributed by atoms with Crippen molar-refractivity contribution in [3.05, 3.63) is 65.2 Å². The van der Waals surface area contributed by atoms with Crippen LogP contribution in [-0.4, -0.2) is 51.5 Å². The Hall–Kier alpha value is -2.22. The van der Waals surface area contributed by atoms with Crippen molar-refractivity contribution in [2.45, 2.75) is 24.7 Å². The van der Waals surface area contributed by atoms with Gasteiger partial charge in [-0.3, -0.25) is 4.79 Å². The normalized spacial score (nSPS) is 16.5.